The number of rotatable bonds is 2. The monoisotopic (exact) mass is 113 g/mol. The minimum absolute atomic E-state index is 0.0903. The lowest BCUT2D eigenvalue weighted by molar-refractivity contribution is -0.141. The molecule has 3 radical (unpaired) electrons. The van der Waals surface area contributed by atoms with Crippen LogP contribution in [0.3, 0.4) is 0 Å². The van der Waals surface area contributed by atoms with Gasteiger partial charge in [0.1, 0.15) is 0 Å². The summed E-state index contributed by atoms with van der Waals surface area (Å²) in [7, 11) is 0. The molecule has 0 fully saturated rings. The molecule has 0 bridgehead atoms. The summed E-state index contributed by atoms with van der Waals surface area (Å²) in [6.45, 7) is 10.3. The number of aliphatic carboxylic acids is 1. The number of hydrogen-bond acceptors (Lipinski definition) is 1. The van der Waals surface area contributed by atoms with Crippen molar-refractivity contribution in [1.29, 1.82) is 0 Å². The predicted molar refractivity (Wildman–Crippen MR) is 29.2 cm³/mol. The highest BCUT2D eigenvalue weighted by atomic mass is 16.4. The third-order valence-corrected chi connectivity index (χ3v) is 0.933. The van der Waals surface area contributed by atoms with Crippen LogP contribution in [-0.4, -0.2) is 11.1 Å². The minimum Gasteiger partial charge on any atom is -0.481 e. The molecule has 0 aromatic rings. The molecule has 0 aromatic heterocycles. The molecule has 0 saturated carbocycles. The normalized spacial score (nSPS) is 14.0. The van der Waals surface area contributed by atoms with Gasteiger partial charge in [0, 0.05) is 6.92 Å². The molecule has 0 amide bonds. The molecular weight excluding hydrogens is 104 g/mol. The van der Waals surface area contributed by atoms with Crippen molar-refractivity contribution >= 4 is 5.97 Å². The molecule has 0 aliphatic carbocycles. The van der Waals surface area contributed by atoms with E-state index in [-0.39, 0.29) is 5.92 Å². The van der Waals surface area contributed by atoms with Gasteiger partial charge >= 0.3 is 5.97 Å². The first-order valence-corrected chi connectivity index (χ1v) is 2.49. The van der Waals surface area contributed by atoms with Gasteiger partial charge < -0.3 is 5.11 Å². The minimum atomic E-state index is -1.04. The van der Waals surface area contributed by atoms with Gasteiger partial charge in [-0.2, -0.15) is 0 Å². The van der Waals surface area contributed by atoms with E-state index in [1.807, 2.05) is 0 Å². The molecule has 0 rings (SSSR count). The summed E-state index contributed by atoms with van der Waals surface area (Å²) >= 11 is 0. The summed E-state index contributed by atoms with van der Waals surface area (Å²) in [5, 5.41) is 8.16. The zero-order valence-electron chi connectivity index (χ0n) is 5.01. The van der Waals surface area contributed by atoms with E-state index < -0.39 is 11.9 Å². The number of hydrogen-bond donors (Lipinski definition) is 1. The van der Waals surface area contributed by atoms with Crippen LogP contribution in [0.4, 0.5) is 0 Å². The first-order valence-electron chi connectivity index (χ1n) is 2.49. The molecule has 1 atom stereocenters. The molecule has 8 heavy (non-hydrogen) atoms. The highest BCUT2D eigenvalue weighted by Crippen LogP contribution is 2.07. The van der Waals surface area contributed by atoms with E-state index in [4.69, 9.17) is 12.0 Å². The average molecular weight is 113 g/mol. The zero-order valence-corrected chi connectivity index (χ0v) is 5.01. The SMILES string of the molecule is [C]C(C(=O)O)C(C)C. The quantitative estimate of drug-likeness (QED) is 0.578. The molecule has 0 aromatic carbocycles. The van der Waals surface area contributed by atoms with Crippen LogP contribution in [0.25, 0.3) is 0 Å². The third-order valence-electron chi connectivity index (χ3n) is 0.933. The van der Waals surface area contributed by atoms with Crippen molar-refractivity contribution in [3.63, 3.8) is 0 Å². The predicted octanol–water partition coefficient (Wildman–Crippen LogP) is 0.931. The van der Waals surface area contributed by atoms with Crippen molar-refractivity contribution in [1.82, 2.24) is 0 Å². The van der Waals surface area contributed by atoms with Crippen molar-refractivity contribution in [2.45, 2.75) is 13.8 Å². The molecular formula is C6H9O2. The Labute approximate surface area is 49.5 Å². The topological polar surface area (TPSA) is 37.3 Å². The van der Waals surface area contributed by atoms with E-state index in [0.717, 1.165) is 0 Å². The Balaban J connectivity index is 3.64. The average Bonchev–Trinajstić information content (AvgIpc) is 1.64. The molecule has 0 saturated heterocycles. The van der Waals surface area contributed by atoms with Crippen LogP contribution in [0.1, 0.15) is 13.8 Å². The van der Waals surface area contributed by atoms with Crippen molar-refractivity contribution < 1.29 is 9.90 Å². The van der Waals surface area contributed by atoms with Gasteiger partial charge in [-0.05, 0) is 5.92 Å². The van der Waals surface area contributed by atoms with Crippen LogP contribution < -0.4 is 0 Å². The summed E-state index contributed by atoms with van der Waals surface area (Å²) in [5.74, 6) is -2.09. The highest BCUT2D eigenvalue weighted by Gasteiger charge is 2.14. The summed E-state index contributed by atoms with van der Waals surface area (Å²) < 4.78 is 0. The molecule has 0 aliphatic heterocycles. The maximum Gasteiger partial charge on any atom is 0.307 e. The fourth-order valence-electron chi connectivity index (χ4n) is 0.285. The van der Waals surface area contributed by atoms with Gasteiger partial charge in [0.15, 0.2) is 0 Å². The molecule has 1 unspecified atom stereocenters. The molecule has 2 nitrogen and oxygen atoms in total. The molecule has 0 aliphatic rings. The molecule has 0 spiro atoms. The van der Waals surface area contributed by atoms with Gasteiger partial charge in [-0.1, -0.05) is 13.8 Å². The van der Waals surface area contributed by atoms with Crippen molar-refractivity contribution in [2.75, 3.05) is 0 Å². The standard InChI is InChI=1S/C6H9O2/c1-4(2)5(3)6(7)8/h4-5H,1-2H3,(H,7,8). The highest BCUT2D eigenvalue weighted by molar-refractivity contribution is 5.70. The van der Waals surface area contributed by atoms with Gasteiger partial charge in [-0.25, -0.2) is 0 Å². The maximum absolute atomic E-state index is 9.95. The summed E-state index contributed by atoms with van der Waals surface area (Å²) in [6, 6.07) is 0. The van der Waals surface area contributed by atoms with E-state index in [2.05, 4.69) is 0 Å². The largest absolute Gasteiger partial charge is 0.481 e. The molecule has 45 valence electrons. The first kappa shape index (κ1) is 7.47. The van der Waals surface area contributed by atoms with Crippen molar-refractivity contribution in [3.05, 3.63) is 6.92 Å². The van der Waals surface area contributed by atoms with Crippen molar-refractivity contribution in [3.8, 4) is 0 Å². The second-order valence-electron chi connectivity index (χ2n) is 2.06. The number of carboxylic acid groups (broad SMARTS) is 1. The van der Waals surface area contributed by atoms with Gasteiger partial charge in [-0.15, -0.1) is 0 Å². The van der Waals surface area contributed by atoms with Crippen molar-refractivity contribution in [2.24, 2.45) is 11.8 Å². The summed E-state index contributed by atoms with van der Waals surface area (Å²) in [4.78, 5) is 9.95. The summed E-state index contributed by atoms with van der Waals surface area (Å²) in [5.41, 5.74) is 0. The molecule has 0 heterocycles. The van der Waals surface area contributed by atoms with E-state index in [0.29, 0.717) is 0 Å². The number of carbonyl (C=O) groups is 1. The molecule has 1 N–H and O–H groups in total. The Morgan fingerprint density at radius 1 is 1.62 bits per heavy atom. The van der Waals surface area contributed by atoms with Crippen LogP contribution in [0.2, 0.25) is 0 Å². The van der Waals surface area contributed by atoms with Crippen LogP contribution in [-0.2, 0) is 4.79 Å². The lowest BCUT2D eigenvalue weighted by Gasteiger charge is -2.06. The second kappa shape index (κ2) is 2.70. The Morgan fingerprint density at radius 3 is 2.00 bits per heavy atom. The van der Waals surface area contributed by atoms with Gasteiger partial charge in [0.2, 0.25) is 0 Å². The smallest absolute Gasteiger partial charge is 0.307 e. The number of carboxylic acids is 1. The van der Waals surface area contributed by atoms with Crippen LogP contribution in [0, 0.1) is 18.8 Å². The van der Waals surface area contributed by atoms with Crippen LogP contribution in [0.5, 0.6) is 0 Å². The van der Waals surface area contributed by atoms with E-state index in [9.17, 15) is 4.79 Å². The van der Waals surface area contributed by atoms with Gasteiger partial charge in [-0.3, -0.25) is 4.79 Å². The Hall–Kier alpha value is -0.530. The molecule has 2 heteroatoms. The Bertz CT molecular complexity index is 86.5. The second-order valence-corrected chi connectivity index (χ2v) is 2.06. The zero-order chi connectivity index (χ0) is 6.73. The van der Waals surface area contributed by atoms with Crippen LogP contribution in [0.15, 0.2) is 0 Å². The first-order chi connectivity index (χ1) is 3.55. The van der Waals surface area contributed by atoms with Gasteiger partial charge in [0.05, 0.1) is 5.92 Å². The van der Waals surface area contributed by atoms with E-state index >= 15 is 0 Å². The van der Waals surface area contributed by atoms with Crippen LogP contribution >= 0.6 is 0 Å². The lowest BCUT2D eigenvalue weighted by Crippen LogP contribution is -2.15. The van der Waals surface area contributed by atoms with E-state index in [1.165, 1.54) is 0 Å². The Morgan fingerprint density at radius 2 is 2.00 bits per heavy atom. The van der Waals surface area contributed by atoms with Gasteiger partial charge in [0.25, 0.3) is 0 Å². The Kier molecular flexibility index (Phi) is 2.52. The summed E-state index contributed by atoms with van der Waals surface area (Å²) in [6.07, 6.45) is 0. The fraction of sp³-hybridized carbons (Fsp3) is 0.667. The fourth-order valence-corrected chi connectivity index (χ4v) is 0.285. The third kappa shape index (κ3) is 1.96. The maximum atomic E-state index is 9.95. The van der Waals surface area contributed by atoms with E-state index in [1.54, 1.807) is 13.8 Å². The lowest BCUT2D eigenvalue weighted by atomic mass is 9.99.